The number of imide groups is 1. The standard InChI is InChI=1S/C23H15N3O3S2/c27-20(13-30-23-25-18-10-3-4-11-19(18)31-23)24-14-6-5-7-15(12-14)26-21(28)16-8-1-2-9-17(16)22(26)29/h1-12H,13H2,(H,24,27). The second kappa shape index (κ2) is 7.98. The van der Waals surface area contributed by atoms with Crippen molar-refractivity contribution in [2.24, 2.45) is 0 Å². The first-order valence-electron chi connectivity index (χ1n) is 9.46. The molecule has 2 heterocycles. The Bertz CT molecular complexity index is 1280. The van der Waals surface area contributed by atoms with Crippen LogP contribution in [0.5, 0.6) is 0 Å². The highest BCUT2D eigenvalue weighted by Gasteiger charge is 2.36. The van der Waals surface area contributed by atoms with Gasteiger partial charge in [-0.2, -0.15) is 0 Å². The minimum Gasteiger partial charge on any atom is -0.325 e. The van der Waals surface area contributed by atoms with Crippen molar-refractivity contribution in [2.75, 3.05) is 16.0 Å². The number of nitrogens with zero attached hydrogens (tertiary/aromatic N) is 2. The second-order valence-corrected chi connectivity index (χ2v) is 9.08. The highest BCUT2D eigenvalue weighted by molar-refractivity contribution is 8.01. The number of hydrogen-bond acceptors (Lipinski definition) is 6. The molecule has 1 aliphatic heterocycles. The van der Waals surface area contributed by atoms with Crippen molar-refractivity contribution in [3.63, 3.8) is 0 Å². The van der Waals surface area contributed by atoms with E-state index < -0.39 is 0 Å². The fourth-order valence-electron chi connectivity index (χ4n) is 3.38. The minimum atomic E-state index is -0.365. The molecule has 3 aromatic carbocycles. The van der Waals surface area contributed by atoms with Crippen LogP contribution < -0.4 is 10.2 Å². The number of para-hydroxylation sites is 1. The molecule has 0 atom stereocenters. The molecule has 0 unspecified atom stereocenters. The number of carbonyl (C=O) groups excluding carboxylic acids is 3. The predicted molar refractivity (Wildman–Crippen MR) is 123 cm³/mol. The van der Waals surface area contributed by atoms with Gasteiger partial charge < -0.3 is 5.32 Å². The minimum absolute atomic E-state index is 0.191. The van der Waals surface area contributed by atoms with Gasteiger partial charge in [-0.3, -0.25) is 14.4 Å². The predicted octanol–water partition coefficient (Wildman–Crippen LogP) is 4.83. The van der Waals surface area contributed by atoms with E-state index in [1.807, 2.05) is 24.3 Å². The van der Waals surface area contributed by atoms with Gasteiger partial charge in [0.15, 0.2) is 4.34 Å². The van der Waals surface area contributed by atoms with Crippen LogP contribution >= 0.6 is 23.1 Å². The molecule has 0 spiro atoms. The molecule has 3 amide bonds. The molecule has 31 heavy (non-hydrogen) atoms. The molecule has 1 N–H and O–H groups in total. The Morgan fingerprint density at radius 3 is 2.39 bits per heavy atom. The number of anilines is 2. The van der Waals surface area contributed by atoms with Gasteiger partial charge in [0.1, 0.15) is 0 Å². The van der Waals surface area contributed by atoms with Gasteiger partial charge >= 0.3 is 0 Å². The average Bonchev–Trinajstić information content (AvgIpc) is 3.31. The Morgan fingerprint density at radius 1 is 0.935 bits per heavy atom. The van der Waals surface area contributed by atoms with E-state index in [0.29, 0.717) is 22.5 Å². The molecule has 0 saturated carbocycles. The molecule has 6 nitrogen and oxygen atoms in total. The fraction of sp³-hybridized carbons (Fsp3) is 0.0435. The Kier molecular flexibility index (Phi) is 5.01. The van der Waals surface area contributed by atoms with Gasteiger partial charge in [0.25, 0.3) is 11.8 Å². The third-order valence-corrected chi connectivity index (χ3v) is 6.96. The lowest BCUT2D eigenvalue weighted by atomic mass is 10.1. The number of aromatic nitrogens is 1. The van der Waals surface area contributed by atoms with E-state index in [1.54, 1.807) is 59.9 Å². The largest absolute Gasteiger partial charge is 0.325 e. The van der Waals surface area contributed by atoms with Crippen LogP contribution in [-0.4, -0.2) is 28.5 Å². The van der Waals surface area contributed by atoms with Crippen molar-refractivity contribution in [3.05, 3.63) is 83.9 Å². The molecule has 5 rings (SSSR count). The summed E-state index contributed by atoms with van der Waals surface area (Å²) in [7, 11) is 0. The topological polar surface area (TPSA) is 79.4 Å². The lowest BCUT2D eigenvalue weighted by molar-refractivity contribution is -0.113. The van der Waals surface area contributed by atoms with Crippen LogP contribution in [0.15, 0.2) is 77.1 Å². The SMILES string of the molecule is O=C(CSc1nc2ccccc2s1)Nc1cccc(N2C(=O)c3ccccc3C2=O)c1. The van der Waals surface area contributed by atoms with Crippen LogP contribution in [0.3, 0.4) is 0 Å². The maximum Gasteiger partial charge on any atom is 0.266 e. The first-order valence-corrected chi connectivity index (χ1v) is 11.3. The molecule has 0 bridgehead atoms. The highest BCUT2D eigenvalue weighted by Crippen LogP contribution is 2.31. The zero-order valence-corrected chi connectivity index (χ0v) is 17.7. The van der Waals surface area contributed by atoms with E-state index >= 15 is 0 Å². The highest BCUT2D eigenvalue weighted by atomic mass is 32.2. The average molecular weight is 446 g/mol. The number of nitrogens with one attached hydrogen (secondary N) is 1. The van der Waals surface area contributed by atoms with Gasteiger partial charge in [0.2, 0.25) is 5.91 Å². The number of benzene rings is 3. The van der Waals surface area contributed by atoms with Crippen LogP contribution in [0.1, 0.15) is 20.7 Å². The number of hydrogen-bond donors (Lipinski definition) is 1. The van der Waals surface area contributed by atoms with E-state index in [9.17, 15) is 14.4 Å². The van der Waals surface area contributed by atoms with Crippen molar-refractivity contribution in [3.8, 4) is 0 Å². The van der Waals surface area contributed by atoms with Gasteiger partial charge in [-0.25, -0.2) is 9.88 Å². The maximum absolute atomic E-state index is 12.7. The van der Waals surface area contributed by atoms with Gasteiger partial charge in [0, 0.05) is 5.69 Å². The van der Waals surface area contributed by atoms with Crippen LogP contribution in [0, 0.1) is 0 Å². The molecule has 0 fully saturated rings. The van der Waals surface area contributed by atoms with Crippen LogP contribution in [0.25, 0.3) is 10.2 Å². The quantitative estimate of drug-likeness (QED) is 0.352. The Labute approximate surface area is 185 Å². The van der Waals surface area contributed by atoms with Crippen molar-refractivity contribution < 1.29 is 14.4 Å². The van der Waals surface area contributed by atoms with Crippen molar-refractivity contribution in [2.45, 2.75) is 4.34 Å². The molecule has 0 radical (unpaired) electrons. The van der Waals surface area contributed by atoms with E-state index in [4.69, 9.17) is 0 Å². The number of amides is 3. The third-order valence-electron chi connectivity index (χ3n) is 4.78. The fourth-order valence-corrected chi connectivity index (χ4v) is 5.25. The number of fused-ring (bicyclic) bond motifs is 2. The first kappa shape index (κ1) is 19.5. The van der Waals surface area contributed by atoms with Crippen molar-refractivity contribution in [1.29, 1.82) is 0 Å². The molecule has 152 valence electrons. The second-order valence-electron chi connectivity index (χ2n) is 6.83. The number of thiazole rings is 1. The Hall–Kier alpha value is -3.49. The van der Waals surface area contributed by atoms with Crippen molar-refractivity contribution in [1.82, 2.24) is 4.98 Å². The smallest absolute Gasteiger partial charge is 0.266 e. The number of carbonyl (C=O) groups is 3. The molecule has 1 aliphatic rings. The zero-order valence-electron chi connectivity index (χ0n) is 16.1. The Balaban J connectivity index is 1.28. The van der Waals surface area contributed by atoms with Gasteiger partial charge in [-0.15, -0.1) is 11.3 Å². The molecular weight excluding hydrogens is 430 g/mol. The summed E-state index contributed by atoms with van der Waals surface area (Å²) >= 11 is 2.92. The first-order chi connectivity index (χ1) is 15.1. The van der Waals surface area contributed by atoms with Crippen LogP contribution in [-0.2, 0) is 4.79 Å². The lowest BCUT2D eigenvalue weighted by Crippen LogP contribution is -2.29. The molecule has 0 aliphatic carbocycles. The summed E-state index contributed by atoms with van der Waals surface area (Å²) in [6.45, 7) is 0. The molecule has 8 heteroatoms. The zero-order chi connectivity index (χ0) is 21.4. The van der Waals surface area contributed by atoms with Gasteiger partial charge in [-0.05, 0) is 42.5 Å². The van der Waals surface area contributed by atoms with E-state index in [0.717, 1.165) is 19.5 Å². The van der Waals surface area contributed by atoms with E-state index in [1.165, 1.54) is 11.8 Å². The summed E-state index contributed by atoms with van der Waals surface area (Å²) < 4.78 is 1.91. The van der Waals surface area contributed by atoms with Gasteiger partial charge in [-0.1, -0.05) is 42.1 Å². The molecular formula is C23H15N3O3S2. The molecule has 1 aromatic heterocycles. The number of thioether (sulfide) groups is 1. The summed E-state index contributed by atoms with van der Waals surface area (Å²) in [5.74, 6) is -0.716. The summed E-state index contributed by atoms with van der Waals surface area (Å²) in [6.07, 6.45) is 0. The van der Waals surface area contributed by atoms with Crippen molar-refractivity contribution >= 4 is 62.4 Å². The lowest BCUT2D eigenvalue weighted by Gasteiger charge is -2.15. The Morgan fingerprint density at radius 2 is 1.65 bits per heavy atom. The number of rotatable bonds is 5. The summed E-state index contributed by atoms with van der Waals surface area (Å²) in [5, 5.41) is 2.83. The maximum atomic E-state index is 12.7. The molecule has 4 aromatic rings. The third kappa shape index (κ3) is 3.71. The monoisotopic (exact) mass is 445 g/mol. The van der Waals surface area contributed by atoms with E-state index in [-0.39, 0.29) is 23.5 Å². The summed E-state index contributed by atoms with van der Waals surface area (Å²) in [5.41, 5.74) is 2.62. The summed E-state index contributed by atoms with van der Waals surface area (Å²) in [6, 6.07) is 21.3. The normalized spacial score (nSPS) is 13.0. The van der Waals surface area contributed by atoms with Crippen LogP contribution in [0.2, 0.25) is 0 Å². The van der Waals surface area contributed by atoms with E-state index in [2.05, 4.69) is 10.3 Å². The molecule has 0 saturated heterocycles. The summed E-state index contributed by atoms with van der Waals surface area (Å²) in [4.78, 5) is 43.5. The van der Waals surface area contributed by atoms with Crippen LogP contribution in [0.4, 0.5) is 11.4 Å². The van der Waals surface area contributed by atoms with Gasteiger partial charge in [0.05, 0.1) is 32.8 Å².